The SMILES string of the molecule is C=C(C)C(=O)OOOOCCC(CC(=O)O)C(=O)O. The van der Waals surface area contributed by atoms with Crippen LogP contribution in [0.1, 0.15) is 19.8 Å². The van der Waals surface area contributed by atoms with Gasteiger partial charge in [0.05, 0.1) is 18.9 Å². The number of carbonyl (C=O) groups excluding carboxylic acids is 1. The fourth-order valence-electron chi connectivity index (χ4n) is 0.884. The van der Waals surface area contributed by atoms with Crippen molar-refractivity contribution in [2.45, 2.75) is 19.8 Å². The van der Waals surface area contributed by atoms with Crippen molar-refractivity contribution >= 4 is 17.9 Å². The van der Waals surface area contributed by atoms with Crippen LogP contribution < -0.4 is 0 Å². The second-order valence-electron chi connectivity index (χ2n) is 3.53. The number of carboxylic acid groups (broad SMARTS) is 2. The molecule has 9 nitrogen and oxygen atoms in total. The van der Waals surface area contributed by atoms with E-state index in [-0.39, 0.29) is 18.6 Å². The summed E-state index contributed by atoms with van der Waals surface area (Å²) in [5.41, 5.74) is 0.0796. The molecular formula is C10H14O9. The third-order valence-electron chi connectivity index (χ3n) is 1.85. The standard InChI is InChI=1S/C10H14O9/c1-6(2)10(15)17-19-18-16-4-3-7(9(13)14)5-8(11)12/h7H,1,3-5H2,2H3,(H,11,12)(H,13,14). The fraction of sp³-hybridized carbons (Fsp3) is 0.500. The zero-order valence-electron chi connectivity index (χ0n) is 10.2. The van der Waals surface area contributed by atoms with Crippen LogP contribution >= 0.6 is 0 Å². The van der Waals surface area contributed by atoms with Crippen molar-refractivity contribution in [1.82, 2.24) is 0 Å². The number of hydrogen-bond acceptors (Lipinski definition) is 7. The van der Waals surface area contributed by atoms with E-state index in [1.54, 1.807) is 0 Å². The van der Waals surface area contributed by atoms with E-state index in [2.05, 4.69) is 26.4 Å². The summed E-state index contributed by atoms with van der Waals surface area (Å²) in [7, 11) is 0. The molecule has 1 unspecified atom stereocenters. The van der Waals surface area contributed by atoms with Gasteiger partial charge in [-0.25, -0.2) is 9.68 Å². The first-order valence-electron chi connectivity index (χ1n) is 5.11. The quantitative estimate of drug-likeness (QED) is 0.253. The van der Waals surface area contributed by atoms with Gasteiger partial charge < -0.3 is 10.2 Å². The second-order valence-corrected chi connectivity index (χ2v) is 3.53. The molecule has 0 aliphatic rings. The maximum absolute atomic E-state index is 10.8. The van der Waals surface area contributed by atoms with Gasteiger partial charge in [0.2, 0.25) is 0 Å². The Bertz CT molecular complexity index is 349. The minimum absolute atomic E-state index is 0.0796. The van der Waals surface area contributed by atoms with Crippen LogP contribution in [0.2, 0.25) is 0 Å². The number of aliphatic carboxylic acids is 2. The molecule has 0 fully saturated rings. The highest BCUT2D eigenvalue weighted by Gasteiger charge is 2.20. The average molecular weight is 278 g/mol. The summed E-state index contributed by atoms with van der Waals surface area (Å²) in [5, 5.41) is 25.0. The third kappa shape index (κ3) is 8.71. The van der Waals surface area contributed by atoms with Crippen LogP contribution in [-0.4, -0.2) is 34.7 Å². The maximum Gasteiger partial charge on any atom is 0.371 e. The molecule has 0 heterocycles. The minimum Gasteiger partial charge on any atom is -0.481 e. The number of carbonyl (C=O) groups is 3. The zero-order chi connectivity index (χ0) is 14.8. The Morgan fingerprint density at radius 2 is 1.84 bits per heavy atom. The van der Waals surface area contributed by atoms with E-state index in [0.717, 1.165) is 0 Å². The van der Waals surface area contributed by atoms with Gasteiger partial charge in [-0.2, -0.15) is 0 Å². The van der Waals surface area contributed by atoms with E-state index in [1.807, 2.05) is 0 Å². The van der Waals surface area contributed by atoms with Crippen LogP contribution in [0.3, 0.4) is 0 Å². The summed E-state index contributed by atoms with van der Waals surface area (Å²) in [6.07, 6.45) is -0.649. The largest absolute Gasteiger partial charge is 0.481 e. The van der Waals surface area contributed by atoms with Crippen molar-refractivity contribution in [3.8, 4) is 0 Å². The Morgan fingerprint density at radius 3 is 2.32 bits per heavy atom. The van der Waals surface area contributed by atoms with E-state index < -0.39 is 30.2 Å². The highest BCUT2D eigenvalue weighted by Crippen LogP contribution is 2.09. The fourth-order valence-corrected chi connectivity index (χ4v) is 0.884. The van der Waals surface area contributed by atoms with Crippen molar-refractivity contribution < 1.29 is 44.4 Å². The highest BCUT2D eigenvalue weighted by atomic mass is 17.7. The number of rotatable bonds is 10. The smallest absolute Gasteiger partial charge is 0.371 e. The van der Waals surface area contributed by atoms with Crippen LogP contribution in [0.5, 0.6) is 0 Å². The van der Waals surface area contributed by atoms with E-state index in [4.69, 9.17) is 10.2 Å². The van der Waals surface area contributed by atoms with Gasteiger partial charge in [-0.15, -0.1) is 0 Å². The monoisotopic (exact) mass is 278 g/mol. The van der Waals surface area contributed by atoms with Crippen LogP contribution in [0.4, 0.5) is 0 Å². The van der Waals surface area contributed by atoms with E-state index >= 15 is 0 Å². The number of hydrogen-bond donors (Lipinski definition) is 2. The lowest BCUT2D eigenvalue weighted by Crippen LogP contribution is -2.19. The van der Waals surface area contributed by atoms with Crippen molar-refractivity contribution in [1.29, 1.82) is 0 Å². The van der Waals surface area contributed by atoms with E-state index in [0.29, 0.717) is 0 Å². The Labute approximate surface area is 108 Å². The van der Waals surface area contributed by atoms with Crippen LogP contribution in [0.15, 0.2) is 12.2 Å². The molecule has 0 spiro atoms. The van der Waals surface area contributed by atoms with Gasteiger partial charge in [0.25, 0.3) is 0 Å². The molecule has 1 atom stereocenters. The van der Waals surface area contributed by atoms with Crippen molar-refractivity contribution in [2.75, 3.05) is 6.61 Å². The third-order valence-corrected chi connectivity index (χ3v) is 1.85. The molecule has 0 aliphatic heterocycles. The normalized spacial score (nSPS) is 11.6. The van der Waals surface area contributed by atoms with Gasteiger partial charge in [0.1, 0.15) is 0 Å². The molecule has 9 heteroatoms. The molecule has 0 amide bonds. The van der Waals surface area contributed by atoms with Gasteiger partial charge in [0, 0.05) is 10.6 Å². The van der Waals surface area contributed by atoms with Gasteiger partial charge >= 0.3 is 17.9 Å². The highest BCUT2D eigenvalue weighted by molar-refractivity contribution is 5.86. The molecule has 0 radical (unpaired) electrons. The first-order valence-corrected chi connectivity index (χ1v) is 5.11. The second kappa shape index (κ2) is 9.03. The Balaban J connectivity index is 3.72. The predicted molar refractivity (Wildman–Crippen MR) is 57.0 cm³/mol. The Kier molecular flexibility index (Phi) is 8.09. The Morgan fingerprint density at radius 1 is 1.21 bits per heavy atom. The Hall–Kier alpha value is -1.97. The minimum atomic E-state index is -1.26. The molecule has 0 bridgehead atoms. The molecule has 0 saturated heterocycles. The zero-order valence-corrected chi connectivity index (χ0v) is 10.2. The van der Waals surface area contributed by atoms with Crippen molar-refractivity contribution in [3.63, 3.8) is 0 Å². The molecule has 108 valence electrons. The van der Waals surface area contributed by atoms with Crippen LogP contribution in [0.25, 0.3) is 0 Å². The molecule has 0 rings (SSSR count). The summed E-state index contributed by atoms with van der Waals surface area (Å²) >= 11 is 0. The molecule has 0 aliphatic carbocycles. The van der Waals surface area contributed by atoms with Gasteiger partial charge in [-0.05, 0) is 18.4 Å². The summed E-state index contributed by atoms with van der Waals surface area (Å²) in [4.78, 5) is 40.1. The van der Waals surface area contributed by atoms with Gasteiger partial charge in [-0.1, -0.05) is 6.58 Å². The van der Waals surface area contributed by atoms with Crippen molar-refractivity contribution in [2.24, 2.45) is 5.92 Å². The predicted octanol–water partition coefficient (Wildman–Crippen LogP) is 0.466. The van der Waals surface area contributed by atoms with E-state index in [9.17, 15) is 14.4 Å². The van der Waals surface area contributed by atoms with Crippen LogP contribution in [0, 0.1) is 5.92 Å². The van der Waals surface area contributed by atoms with Gasteiger partial charge in [-0.3, -0.25) is 14.5 Å². The summed E-state index contributed by atoms with van der Waals surface area (Å²) in [5.74, 6) is -4.47. The van der Waals surface area contributed by atoms with Crippen molar-refractivity contribution in [3.05, 3.63) is 12.2 Å². The summed E-state index contributed by atoms with van der Waals surface area (Å²) in [6.45, 7) is 4.40. The lowest BCUT2D eigenvalue weighted by atomic mass is 10.0. The molecule has 0 aromatic heterocycles. The first-order chi connectivity index (χ1) is 8.84. The lowest BCUT2D eigenvalue weighted by molar-refractivity contribution is -0.617. The number of carboxylic acids is 2. The summed E-state index contributed by atoms with van der Waals surface area (Å²) < 4.78 is 0. The first kappa shape index (κ1) is 17.0. The van der Waals surface area contributed by atoms with E-state index in [1.165, 1.54) is 6.92 Å². The summed E-state index contributed by atoms with van der Waals surface area (Å²) in [6, 6.07) is 0. The van der Waals surface area contributed by atoms with Gasteiger partial charge in [0.15, 0.2) is 0 Å². The van der Waals surface area contributed by atoms with Crippen LogP contribution in [-0.2, 0) is 34.2 Å². The average Bonchev–Trinajstić information content (AvgIpc) is 2.30. The molecule has 19 heavy (non-hydrogen) atoms. The lowest BCUT2D eigenvalue weighted by Gasteiger charge is -2.08. The molecule has 0 aromatic carbocycles. The molecular weight excluding hydrogens is 264 g/mol. The maximum atomic E-state index is 10.8. The molecule has 0 aromatic rings. The molecule has 2 N–H and O–H groups in total. The topological polar surface area (TPSA) is 129 Å². The molecule has 0 saturated carbocycles.